The van der Waals surface area contributed by atoms with E-state index in [0.29, 0.717) is 22.9 Å². The predicted octanol–water partition coefficient (Wildman–Crippen LogP) is 2.25. The summed E-state index contributed by atoms with van der Waals surface area (Å²) in [5.41, 5.74) is 1.24. The number of rotatable bonds is 4. The molecule has 0 bridgehead atoms. The van der Waals surface area contributed by atoms with Crippen molar-refractivity contribution in [3.05, 3.63) is 39.7 Å². The van der Waals surface area contributed by atoms with Crippen molar-refractivity contribution in [3.63, 3.8) is 0 Å². The molecule has 1 unspecified atom stereocenters. The van der Waals surface area contributed by atoms with Gasteiger partial charge >= 0.3 is 0 Å². The van der Waals surface area contributed by atoms with Crippen molar-refractivity contribution in [3.8, 4) is 11.5 Å². The highest BCUT2D eigenvalue weighted by Crippen LogP contribution is 2.39. The van der Waals surface area contributed by atoms with Crippen LogP contribution < -0.4 is 20.3 Å². The van der Waals surface area contributed by atoms with E-state index in [1.807, 2.05) is 26.0 Å². The smallest absolute Gasteiger partial charge is 0.270 e. The fourth-order valence-electron chi connectivity index (χ4n) is 3.13. The minimum Gasteiger partial charge on any atom is -0.493 e. The lowest BCUT2D eigenvalue weighted by atomic mass is 9.87. The molecule has 1 amide bonds. The topological polar surface area (TPSA) is 85.4 Å². The largest absolute Gasteiger partial charge is 0.493 e. The highest BCUT2D eigenvalue weighted by atomic mass is 16.5. The molecule has 0 radical (unpaired) electrons. The fraction of sp³-hybridized carbons (Fsp3) is 0.412. The van der Waals surface area contributed by atoms with Gasteiger partial charge in [-0.1, -0.05) is 6.07 Å². The molecule has 0 saturated carbocycles. The van der Waals surface area contributed by atoms with Gasteiger partial charge in [-0.05, 0) is 31.5 Å². The average molecular weight is 331 g/mol. The maximum absolute atomic E-state index is 12.5. The zero-order valence-corrected chi connectivity index (χ0v) is 14.2. The fourth-order valence-corrected chi connectivity index (χ4v) is 3.13. The number of ether oxygens (including phenoxy) is 2. The van der Waals surface area contributed by atoms with Crippen molar-refractivity contribution in [1.29, 1.82) is 0 Å². The van der Waals surface area contributed by atoms with Crippen LogP contribution in [0.4, 0.5) is 5.82 Å². The molecule has 1 aromatic heterocycles. The summed E-state index contributed by atoms with van der Waals surface area (Å²) >= 11 is 0. The lowest BCUT2D eigenvalue weighted by Crippen LogP contribution is -2.27. The number of aromatic nitrogens is 2. The lowest BCUT2D eigenvalue weighted by Gasteiger charge is -2.24. The van der Waals surface area contributed by atoms with Gasteiger partial charge in [-0.15, -0.1) is 0 Å². The lowest BCUT2D eigenvalue weighted by molar-refractivity contribution is -0.116. The SMILES string of the molecule is COc1ccc(C2CC(=O)Nc3c2c(=O)[nH]n3C(C)C)cc1OC. The van der Waals surface area contributed by atoms with E-state index in [1.165, 1.54) is 0 Å². The van der Waals surface area contributed by atoms with Crippen molar-refractivity contribution in [2.45, 2.75) is 32.2 Å². The molecule has 2 heterocycles. The number of amides is 1. The molecule has 0 aliphatic carbocycles. The van der Waals surface area contributed by atoms with Crippen LogP contribution in [0.2, 0.25) is 0 Å². The number of hydrogen-bond acceptors (Lipinski definition) is 4. The predicted molar refractivity (Wildman–Crippen MR) is 90.1 cm³/mol. The Morgan fingerprint density at radius 3 is 2.50 bits per heavy atom. The summed E-state index contributed by atoms with van der Waals surface area (Å²) in [6, 6.07) is 5.50. The van der Waals surface area contributed by atoms with Crippen LogP contribution in [0, 0.1) is 0 Å². The second-order valence-corrected chi connectivity index (χ2v) is 6.09. The number of hydrogen-bond donors (Lipinski definition) is 2. The van der Waals surface area contributed by atoms with Crippen molar-refractivity contribution in [2.75, 3.05) is 19.5 Å². The first-order valence-electron chi connectivity index (χ1n) is 7.82. The van der Waals surface area contributed by atoms with Crippen LogP contribution in [0.3, 0.4) is 0 Å². The van der Waals surface area contributed by atoms with Gasteiger partial charge in [0, 0.05) is 18.4 Å². The minimum atomic E-state index is -0.322. The quantitative estimate of drug-likeness (QED) is 0.900. The van der Waals surface area contributed by atoms with E-state index in [1.54, 1.807) is 25.0 Å². The van der Waals surface area contributed by atoms with Gasteiger partial charge in [-0.25, -0.2) is 0 Å². The van der Waals surface area contributed by atoms with Crippen LogP contribution in [-0.4, -0.2) is 29.9 Å². The van der Waals surface area contributed by atoms with Crippen LogP contribution >= 0.6 is 0 Å². The highest BCUT2D eigenvalue weighted by Gasteiger charge is 2.33. The third kappa shape index (κ3) is 2.55. The number of carbonyl (C=O) groups excluding carboxylic acids is 1. The van der Waals surface area contributed by atoms with E-state index >= 15 is 0 Å². The molecule has 128 valence electrons. The molecule has 7 heteroatoms. The number of carbonyl (C=O) groups is 1. The van der Waals surface area contributed by atoms with E-state index in [0.717, 1.165) is 5.56 Å². The molecule has 2 N–H and O–H groups in total. The molecule has 1 aliphatic heterocycles. The Labute approximate surface area is 139 Å². The first-order chi connectivity index (χ1) is 11.5. The van der Waals surface area contributed by atoms with Crippen LogP contribution in [0.25, 0.3) is 0 Å². The molecule has 1 atom stereocenters. The Bertz CT molecular complexity index is 835. The standard InChI is InChI=1S/C17H21N3O4/c1-9(2)20-16-15(17(22)19-20)11(8-14(21)18-16)10-5-6-12(23-3)13(7-10)24-4/h5-7,9,11H,8H2,1-4H3,(H,18,21)(H,19,22). The van der Waals surface area contributed by atoms with Crippen molar-refractivity contribution < 1.29 is 14.3 Å². The summed E-state index contributed by atoms with van der Waals surface area (Å²) < 4.78 is 12.3. The van der Waals surface area contributed by atoms with E-state index in [9.17, 15) is 9.59 Å². The summed E-state index contributed by atoms with van der Waals surface area (Å²) in [4.78, 5) is 24.6. The Hall–Kier alpha value is -2.70. The zero-order valence-electron chi connectivity index (χ0n) is 14.2. The number of methoxy groups -OCH3 is 2. The number of fused-ring (bicyclic) bond motifs is 1. The Kier molecular flexibility index (Phi) is 4.09. The maximum atomic E-state index is 12.5. The van der Waals surface area contributed by atoms with Gasteiger partial charge in [0.2, 0.25) is 5.91 Å². The number of aromatic amines is 1. The van der Waals surface area contributed by atoms with Crippen molar-refractivity contribution in [1.82, 2.24) is 9.78 Å². The van der Waals surface area contributed by atoms with Crippen LogP contribution in [0.15, 0.2) is 23.0 Å². The molecule has 7 nitrogen and oxygen atoms in total. The van der Waals surface area contributed by atoms with E-state index in [4.69, 9.17) is 9.47 Å². The molecule has 0 spiro atoms. The number of anilines is 1. The summed E-state index contributed by atoms with van der Waals surface area (Å²) in [5.74, 6) is 1.29. The second-order valence-electron chi connectivity index (χ2n) is 6.09. The molecule has 24 heavy (non-hydrogen) atoms. The molecule has 1 aliphatic rings. The summed E-state index contributed by atoms with van der Waals surface area (Å²) in [6.07, 6.45) is 0.216. The van der Waals surface area contributed by atoms with Crippen LogP contribution in [0.1, 0.15) is 43.4 Å². The van der Waals surface area contributed by atoms with Crippen LogP contribution in [-0.2, 0) is 4.79 Å². The van der Waals surface area contributed by atoms with Crippen molar-refractivity contribution >= 4 is 11.7 Å². The number of nitrogens with zero attached hydrogens (tertiary/aromatic N) is 1. The number of H-pyrrole nitrogens is 1. The van der Waals surface area contributed by atoms with E-state index < -0.39 is 0 Å². The average Bonchev–Trinajstić information content (AvgIpc) is 2.90. The molecular weight excluding hydrogens is 310 g/mol. The van der Waals surface area contributed by atoms with E-state index in [-0.39, 0.29) is 29.8 Å². The zero-order chi connectivity index (χ0) is 17.4. The Balaban J connectivity index is 2.14. The first kappa shape index (κ1) is 16.2. The Morgan fingerprint density at radius 1 is 1.17 bits per heavy atom. The summed E-state index contributed by atoms with van der Waals surface area (Å²) in [6.45, 7) is 3.89. The first-order valence-corrected chi connectivity index (χ1v) is 7.82. The molecule has 3 rings (SSSR count). The normalized spacial score (nSPS) is 16.7. The van der Waals surface area contributed by atoms with Gasteiger partial charge in [-0.3, -0.25) is 19.4 Å². The summed E-state index contributed by atoms with van der Waals surface area (Å²) in [5, 5.41) is 5.63. The third-order valence-electron chi connectivity index (χ3n) is 4.28. The van der Waals surface area contributed by atoms with Crippen LogP contribution in [0.5, 0.6) is 11.5 Å². The highest BCUT2D eigenvalue weighted by molar-refractivity contribution is 5.94. The van der Waals surface area contributed by atoms with Gasteiger partial charge in [0.05, 0.1) is 19.8 Å². The van der Waals surface area contributed by atoms with Gasteiger partial charge in [0.25, 0.3) is 5.56 Å². The maximum Gasteiger partial charge on any atom is 0.270 e. The molecule has 1 aromatic carbocycles. The molecule has 0 saturated heterocycles. The molecule has 2 aromatic rings. The molecule has 0 fully saturated rings. The van der Waals surface area contributed by atoms with Gasteiger partial charge in [0.15, 0.2) is 11.5 Å². The minimum absolute atomic E-state index is 0.0332. The second kappa shape index (κ2) is 6.07. The molecular formula is C17H21N3O4. The number of benzene rings is 1. The van der Waals surface area contributed by atoms with Gasteiger partial charge < -0.3 is 14.8 Å². The Morgan fingerprint density at radius 2 is 1.88 bits per heavy atom. The van der Waals surface area contributed by atoms with Gasteiger partial charge in [-0.2, -0.15) is 0 Å². The van der Waals surface area contributed by atoms with Gasteiger partial charge in [0.1, 0.15) is 5.82 Å². The van der Waals surface area contributed by atoms with Crippen molar-refractivity contribution in [2.24, 2.45) is 0 Å². The monoisotopic (exact) mass is 331 g/mol. The number of nitrogens with one attached hydrogen (secondary N) is 2. The summed E-state index contributed by atoms with van der Waals surface area (Å²) in [7, 11) is 3.12. The third-order valence-corrected chi connectivity index (χ3v) is 4.28. The van der Waals surface area contributed by atoms with E-state index in [2.05, 4.69) is 10.4 Å².